The van der Waals surface area contributed by atoms with E-state index in [0.717, 1.165) is 6.54 Å². The molecule has 1 rings (SSSR count). The second-order valence-electron chi connectivity index (χ2n) is 5.84. The minimum atomic E-state index is -0.934. The number of carboxylic acids is 1. The lowest BCUT2D eigenvalue weighted by Gasteiger charge is -2.31. The number of hydrogen-bond acceptors (Lipinski definition) is 4. The molecule has 3 atom stereocenters. The van der Waals surface area contributed by atoms with Crippen molar-refractivity contribution < 1.29 is 14.7 Å². The Hall–Kier alpha value is -0.950. The Morgan fingerprint density at radius 2 is 2.00 bits per heavy atom. The first-order valence-corrected chi connectivity index (χ1v) is 7.86. The molecule has 1 heterocycles. The van der Waals surface area contributed by atoms with Gasteiger partial charge in [-0.05, 0) is 26.9 Å². The third kappa shape index (κ3) is 4.28. The smallest absolute Gasteiger partial charge is 0.327 e. The van der Waals surface area contributed by atoms with Crippen molar-refractivity contribution in [2.45, 2.75) is 38.2 Å². The van der Waals surface area contributed by atoms with Crippen LogP contribution in [0, 0.1) is 5.92 Å². The maximum atomic E-state index is 12.4. The van der Waals surface area contributed by atoms with Crippen LogP contribution in [-0.4, -0.2) is 70.8 Å². The van der Waals surface area contributed by atoms with Crippen molar-refractivity contribution in [2.24, 2.45) is 5.92 Å². The third-order valence-corrected chi connectivity index (χ3v) is 4.75. The minimum absolute atomic E-state index is 0.0228. The number of nitrogens with one attached hydrogen (secondary N) is 1. The van der Waals surface area contributed by atoms with Gasteiger partial charge in [0.25, 0.3) is 0 Å². The van der Waals surface area contributed by atoms with Gasteiger partial charge in [-0.1, -0.05) is 13.8 Å². The molecule has 1 aliphatic rings. The zero-order valence-electron chi connectivity index (χ0n) is 12.8. The monoisotopic (exact) mass is 303 g/mol. The highest BCUT2D eigenvalue weighted by Crippen LogP contribution is 2.34. The number of thioether (sulfide) groups is 1. The number of aliphatic carboxylic acids is 1. The summed E-state index contributed by atoms with van der Waals surface area (Å²) in [5, 5.41) is 12.1. The van der Waals surface area contributed by atoms with E-state index in [1.807, 2.05) is 39.8 Å². The van der Waals surface area contributed by atoms with Crippen LogP contribution in [0.2, 0.25) is 0 Å². The van der Waals surface area contributed by atoms with Crippen LogP contribution in [0.5, 0.6) is 0 Å². The molecule has 0 bridgehead atoms. The van der Waals surface area contributed by atoms with Crippen LogP contribution in [-0.2, 0) is 4.79 Å². The van der Waals surface area contributed by atoms with E-state index in [9.17, 15) is 14.7 Å². The number of carbonyl (C=O) groups is 2. The van der Waals surface area contributed by atoms with E-state index in [1.165, 1.54) is 16.7 Å². The first kappa shape index (κ1) is 17.1. The third-order valence-electron chi connectivity index (χ3n) is 3.13. The number of carboxylic acid groups (broad SMARTS) is 1. The van der Waals surface area contributed by atoms with E-state index in [0.29, 0.717) is 5.75 Å². The van der Waals surface area contributed by atoms with Crippen molar-refractivity contribution in [1.29, 1.82) is 0 Å². The van der Waals surface area contributed by atoms with Gasteiger partial charge in [-0.2, -0.15) is 0 Å². The summed E-state index contributed by atoms with van der Waals surface area (Å²) in [6, 6.07) is -1.04. The van der Waals surface area contributed by atoms with Gasteiger partial charge in [0.15, 0.2) is 0 Å². The molecule has 7 heteroatoms. The maximum Gasteiger partial charge on any atom is 0.327 e. The summed E-state index contributed by atoms with van der Waals surface area (Å²) in [6.07, 6.45) is 0. The maximum absolute atomic E-state index is 12.4. The zero-order valence-corrected chi connectivity index (χ0v) is 13.6. The van der Waals surface area contributed by atoms with E-state index in [2.05, 4.69) is 5.32 Å². The summed E-state index contributed by atoms with van der Waals surface area (Å²) < 4.78 is 0. The van der Waals surface area contributed by atoms with E-state index >= 15 is 0 Å². The van der Waals surface area contributed by atoms with Crippen molar-refractivity contribution in [3.05, 3.63) is 0 Å². The summed E-state index contributed by atoms with van der Waals surface area (Å²) in [5.41, 5.74) is 0. The van der Waals surface area contributed by atoms with Crippen LogP contribution >= 0.6 is 11.8 Å². The number of hydrogen-bond donors (Lipinski definition) is 2. The number of carbonyl (C=O) groups excluding carboxylic acids is 1. The fourth-order valence-electron chi connectivity index (χ4n) is 2.37. The van der Waals surface area contributed by atoms with Gasteiger partial charge in [-0.3, -0.25) is 4.90 Å². The predicted octanol–water partition coefficient (Wildman–Crippen LogP) is 1.13. The van der Waals surface area contributed by atoms with E-state index in [1.54, 1.807) is 0 Å². The highest BCUT2D eigenvalue weighted by Gasteiger charge is 2.43. The molecule has 6 nitrogen and oxygen atoms in total. The SMILES string of the molecule is CC(CN(C)C)NC(=O)N1C(C(=O)O)CSC1C(C)C. The fraction of sp³-hybridized carbons (Fsp3) is 0.846. The van der Waals surface area contributed by atoms with Crippen molar-refractivity contribution in [1.82, 2.24) is 15.1 Å². The molecule has 116 valence electrons. The molecule has 1 saturated heterocycles. The summed E-state index contributed by atoms with van der Waals surface area (Å²) in [6.45, 7) is 6.65. The molecule has 20 heavy (non-hydrogen) atoms. The Labute approximate surface area is 124 Å². The lowest BCUT2D eigenvalue weighted by Crippen LogP contribution is -2.54. The molecule has 0 spiro atoms. The number of urea groups is 1. The van der Waals surface area contributed by atoms with Crippen molar-refractivity contribution in [3.8, 4) is 0 Å². The van der Waals surface area contributed by atoms with Crippen LogP contribution in [0.1, 0.15) is 20.8 Å². The molecular weight excluding hydrogens is 278 g/mol. The van der Waals surface area contributed by atoms with Crippen molar-refractivity contribution in [3.63, 3.8) is 0 Å². The van der Waals surface area contributed by atoms with Crippen LogP contribution in [0.25, 0.3) is 0 Å². The highest BCUT2D eigenvalue weighted by atomic mass is 32.2. The fourth-order valence-corrected chi connectivity index (χ4v) is 3.84. The highest BCUT2D eigenvalue weighted by molar-refractivity contribution is 8.00. The zero-order chi connectivity index (χ0) is 15.4. The van der Waals surface area contributed by atoms with Crippen LogP contribution in [0.4, 0.5) is 4.79 Å². The van der Waals surface area contributed by atoms with E-state index in [-0.39, 0.29) is 23.4 Å². The van der Waals surface area contributed by atoms with E-state index < -0.39 is 12.0 Å². The minimum Gasteiger partial charge on any atom is -0.480 e. The summed E-state index contributed by atoms with van der Waals surface area (Å²) in [5.74, 6) is -0.261. The summed E-state index contributed by atoms with van der Waals surface area (Å²) in [7, 11) is 3.87. The summed E-state index contributed by atoms with van der Waals surface area (Å²) in [4.78, 5) is 27.2. The van der Waals surface area contributed by atoms with Gasteiger partial charge in [0.05, 0.1) is 5.37 Å². The molecule has 2 amide bonds. The average molecular weight is 303 g/mol. The summed E-state index contributed by atoms with van der Waals surface area (Å²) >= 11 is 1.54. The molecule has 0 aromatic heterocycles. The first-order valence-electron chi connectivity index (χ1n) is 6.82. The molecule has 0 radical (unpaired) electrons. The molecule has 1 aliphatic heterocycles. The first-order chi connectivity index (χ1) is 9.23. The lowest BCUT2D eigenvalue weighted by molar-refractivity contribution is -0.141. The second kappa shape index (κ2) is 7.17. The lowest BCUT2D eigenvalue weighted by atomic mass is 10.1. The number of nitrogens with zero attached hydrogens (tertiary/aromatic N) is 2. The standard InChI is InChI=1S/C13H25N3O3S/c1-8(2)11-16(10(7-20-11)12(17)18)13(19)14-9(3)6-15(4)5/h8-11H,6-7H2,1-5H3,(H,14,19)(H,17,18). The number of likely N-dealkylation sites (N-methyl/N-ethyl adjacent to an activating group) is 1. The Morgan fingerprint density at radius 1 is 1.40 bits per heavy atom. The Balaban J connectivity index is 2.76. The van der Waals surface area contributed by atoms with Gasteiger partial charge in [0.1, 0.15) is 6.04 Å². The van der Waals surface area contributed by atoms with Gasteiger partial charge < -0.3 is 15.3 Å². The van der Waals surface area contributed by atoms with Gasteiger partial charge in [-0.25, -0.2) is 9.59 Å². The van der Waals surface area contributed by atoms with Crippen LogP contribution < -0.4 is 5.32 Å². The van der Waals surface area contributed by atoms with Crippen molar-refractivity contribution >= 4 is 23.8 Å². The van der Waals surface area contributed by atoms with E-state index in [4.69, 9.17) is 0 Å². The number of amides is 2. The molecule has 0 aromatic rings. The second-order valence-corrected chi connectivity index (χ2v) is 6.99. The topological polar surface area (TPSA) is 72.9 Å². The predicted molar refractivity (Wildman–Crippen MR) is 80.9 cm³/mol. The Morgan fingerprint density at radius 3 is 2.45 bits per heavy atom. The van der Waals surface area contributed by atoms with Crippen LogP contribution in [0.3, 0.4) is 0 Å². The normalized spacial score (nSPS) is 24.2. The van der Waals surface area contributed by atoms with Gasteiger partial charge in [0, 0.05) is 18.3 Å². The Kier molecular flexibility index (Phi) is 6.13. The molecule has 0 aromatic carbocycles. The quantitative estimate of drug-likeness (QED) is 0.796. The molecule has 2 N–H and O–H groups in total. The molecule has 0 saturated carbocycles. The molecule has 1 fully saturated rings. The van der Waals surface area contributed by atoms with Gasteiger partial charge in [-0.15, -0.1) is 11.8 Å². The largest absolute Gasteiger partial charge is 0.480 e. The molecule has 0 aliphatic carbocycles. The molecule has 3 unspecified atom stereocenters. The Bertz CT molecular complexity index is 363. The van der Waals surface area contributed by atoms with Gasteiger partial charge >= 0.3 is 12.0 Å². The average Bonchev–Trinajstić information content (AvgIpc) is 2.71. The van der Waals surface area contributed by atoms with Crippen molar-refractivity contribution in [2.75, 3.05) is 26.4 Å². The van der Waals surface area contributed by atoms with Crippen LogP contribution in [0.15, 0.2) is 0 Å². The van der Waals surface area contributed by atoms with Gasteiger partial charge in [0.2, 0.25) is 0 Å². The molecular formula is C13H25N3O3S. The number of rotatable bonds is 5.